The van der Waals surface area contributed by atoms with Crippen LogP contribution in [0.5, 0.6) is 0 Å². The zero-order chi connectivity index (χ0) is 15.7. The van der Waals surface area contributed by atoms with Gasteiger partial charge < -0.3 is 9.05 Å². The van der Waals surface area contributed by atoms with Crippen LogP contribution in [0.15, 0.2) is 28.8 Å². The standard InChI is InChI=1S/C11H9ClF3N2O3P/c1-2-19-21(12,18)8-5-3-7(4-6-8)9-16-10(20-17-9)11(13,14)15/h3-6H,2H2,1H3. The first-order valence-electron chi connectivity index (χ1n) is 5.70. The lowest BCUT2D eigenvalue weighted by molar-refractivity contribution is -0.159. The first-order chi connectivity index (χ1) is 9.74. The first-order valence-corrected chi connectivity index (χ1v) is 8.23. The SMILES string of the molecule is CCOP(=O)(Cl)c1ccc(-c2noc(C(F)(F)F)n2)cc1. The maximum absolute atomic E-state index is 12.4. The lowest BCUT2D eigenvalue weighted by Gasteiger charge is -2.09. The van der Waals surface area contributed by atoms with Gasteiger partial charge in [-0.15, -0.1) is 0 Å². The fourth-order valence-electron chi connectivity index (χ4n) is 1.49. The number of nitrogens with zero attached hydrogens (tertiary/aromatic N) is 2. The Balaban J connectivity index is 2.27. The molecule has 2 rings (SSSR count). The highest BCUT2D eigenvalue weighted by Gasteiger charge is 2.38. The van der Waals surface area contributed by atoms with Gasteiger partial charge in [0.2, 0.25) is 5.82 Å². The topological polar surface area (TPSA) is 65.2 Å². The van der Waals surface area contributed by atoms with Crippen LogP contribution in [0.25, 0.3) is 11.4 Å². The third-order valence-electron chi connectivity index (χ3n) is 2.40. The molecular formula is C11H9ClF3N2O3P. The van der Waals surface area contributed by atoms with E-state index in [1.165, 1.54) is 24.3 Å². The Morgan fingerprint density at radius 1 is 1.33 bits per heavy atom. The maximum atomic E-state index is 12.4. The van der Waals surface area contributed by atoms with Gasteiger partial charge >= 0.3 is 18.8 Å². The van der Waals surface area contributed by atoms with Crippen LogP contribution < -0.4 is 5.30 Å². The van der Waals surface area contributed by atoms with Crippen molar-refractivity contribution in [2.24, 2.45) is 0 Å². The molecule has 1 atom stereocenters. The number of alkyl halides is 3. The van der Waals surface area contributed by atoms with E-state index in [2.05, 4.69) is 14.7 Å². The van der Waals surface area contributed by atoms with Crippen LogP contribution >= 0.6 is 18.0 Å². The van der Waals surface area contributed by atoms with E-state index in [9.17, 15) is 17.7 Å². The number of hydrogen-bond acceptors (Lipinski definition) is 5. The summed E-state index contributed by atoms with van der Waals surface area (Å²) in [5.74, 6) is -1.66. The Morgan fingerprint density at radius 3 is 2.43 bits per heavy atom. The van der Waals surface area contributed by atoms with Crippen LogP contribution in [0.3, 0.4) is 0 Å². The monoisotopic (exact) mass is 340 g/mol. The number of hydrogen-bond donors (Lipinski definition) is 0. The van der Waals surface area contributed by atoms with Gasteiger partial charge in [0.15, 0.2) is 0 Å². The van der Waals surface area contributed by atoms with Gasteiger partial charge in [-0.25, -0.2) is 0 Å². The van der Waals surface area contributed by atoms with Crippen LogP contribution in [-0.4, -0.2) is 16.7 Å². The Bertz CT molecular complexity index is 672. The number of rotatable bonds is 4. The van der Waals surface area contributed by atoms with E-state index in [1.54, 1.807) is 6.92 Å². The Morgan fingerprint density at radius 2 is 1.95 bits per heavy atom. The van der Waals surface area contributed by atoms with E-state index in [0.717, 1.165) is 0 Å². The highest BCUT2D eigenvalue weighted by Crippen LogP contribution is 2.51. The van der Waals surface area contributed by atoms with Crippen molar-refractivity contribution in [1.29, 1.82) is 0 Å². The van der Waals surface area contributed by atoms with E-state index < -0.39 is 18.8 Å². The fraction of sp³-hybridized carbons (Fsp3) is 0.273. The average molecular weight is 341 g/mol. The highest BCUT2D eigenvalue weighted by atomic mass is 35.7. The van der Waals surface area contributed by atoms with Crippen LogP contribution in [0.1, 0.15) is 12.8 Å². The van der Waals surface area contributed by atoms with E-state index in [-0.39, 0.29) is 23.3 Å². The van der Waals surface area contributed by atoms with Gasteiger partial charge in [0.25, 0.3) is 0 Å². The van der Waals surface area contributed by atoms with Crippen molar-refractivity contribution in [3.63, 3.8) is 0 Å². The Labute approximate surface area is 122 Å². The fourth-order valence-corrected chi connectivity index (χ4v) is 3.10. The summed E-state index contributed by atoms with van der Waals surface area (Å²) in [4.78, 5) is 3.24. The van der Waals surface area contributed by atoms with Gasteiger partial charge in [-0.3, -0.25) is 4.57 Å². The zero-order valence-electron chi connectivity index (χ0n) is 10.6. The molecule has 0 bridgehead atoms. The smallest absolute Gasteiger partial charge is 0.329 e. The number of benzene rings is 1. The molecule has 114 valence electrons. The number of aromatic nitrogens is 2. The normalized spacial score (nSPS) is 14.9. The van der Waals surface area contributed by atoms with E-state index in [4.69, 9.17) is 15.8 Å². The summed E-state index contributed by atoms with van der Waals surface area (Å²) in [5.41, 5.74) is 0.270. The summed E-state index contributed by atoms with van der Waals surface area (Å²) < 4.78 is 58.1. The molecule has 1 unspecified atom stereocenters. The summed E-state index contributed by atoms with van der Waals surface area (Å²) >= 11 is 5.76. The molecule has 0 radical (unpaired) electrons. The van der Waals surface area contributed by atoms with Crippen molar-refractivity contribution >= 4 is 23.3 Å². The van der Waals surface area contributed by atoms with Crippen molar-refractivity contribution in [2.45, 2.75) is 13.1 Å². The van der Waals surface area contributed by atoms with Crippen molar-refractivity contribution in [3.05, 3.63) is 30.2 Å². The minimum absolute atomic E-state index is 0.169. The molecule has 0 fully saturated rings. The van der Waals surface area contributed by atoms with Crippen LogP contribution in [0, 0.1) is 0 Å². The Kier molecular flexibility index (Phi) is 4.41. The van der Waals surface area contributed by atoms with E-state index in [1.807, 2.05) is 0 Å². The van der Waals surface area contributed by atoms with Crippen LogP contribution in [-0.2, 0) is 15.3 Å². The largest absolute Gasteiger partial charge is 0.471 e. The molecule has 0 saturated carbocycles. The quantitative estimate of drug-likeness (QED) is 0.791. The molecule has 21 heavy (non-hydrogen) atoms. The summed E-state index contributed by atoms with van der Waals surface area (Å²) in [5, 5.41) is 3.47. The lowest BCUT2D eigenvalue weighted by Crippen LogP contribution is -2.05. The molecular weight excluding hydrogens is 332 g/mol. The maximum Gasteiger partial charge on any atom is 0.471 e. The molecule has 0 aliphatic rings. The summed E-state index contributed by atoms with van der Waals surface area (Å²) in [7, 11) is 0. The third-order valence-corrected chi connectivity index (χ3v) is 4.78. The molecule has 1 aromatic carbocycles. The second kappa shape index (κ2) is 5.79. The van der Waals surface area contributed by atoms with Gasteiger partial charge in [-0.1, -0.05) is 17.3 Å². The molecule has 10 heteroatoms. The molecule has 0 aliphatic heterocycles. The minimum atomic E-state index is -4.70. The molecule has 0 spiro atoms. The van der Waals surface area contributed by atoms with Gasteiger partial charge in [-0.2, -0.15) is 18.2 Å². The highest BCUT2D eigenvalue weighted by molar-refractivity contribution is 7.91. The lowest BCUT2D eigenvalue weighted by atomic mass is 10.2. The molecule has 0 saturated heterocycles. The molecule has 2 aromatic rings. The summed E-state index contributed by atoms with van der Waals surface area (Å²) in [6.45, 7) is -1.64. The summed E-state index contributed by atoms with van der Waals surface area (Å²) in [6.07, 6.45) is -4.70. The van der Waals surface area contributed by atoms with Gasteiger partial charge in [0.1, 0.15) is 0 Å². The van der Waals surface area contributed by atoms with Crippen molar-refractivity contribution < 1.29 is 26.8 Å². The van der Waals surface area contributed by atoms with E-state index in [0.29, 0.717) is 0 Å². The van der Waals surface area contributed by atoms with Crippen molar-refractivity contribution in [2.75, 3.05) is 6.61 Å². The molecule has 0 N–H and O–H groups in total. The van der Waals surface area contributed by atoms with Crippen LogP contribution in [0.2, 0.25) is 0 Å². The molecule has 0 aliphatic carbocycles. The minimum Gasteiger partial charge on any atom is -0.329 e. The number of halogens is 4. The second-order valence-corrected chi connectivity index (χ2v) is 6.93. The average Bonchev–Trinajstić information content (AvgIpc) is 2.88. The predicted octanol–water partition coefficient (Wildman–Crippen LogP) is 3.85. The molecule has 5 nitrogen and oxygen atoms in total. The van der Waals surface area contributed by atoms with Gasteiger partial charge in [-0.05, 0) is 30.3 Å². The van der Waals surface area contributed by atoms with Gasteiger partial charge in [0.05, 0.1) is 11.9 Å². The van der Waals surface area contributed by atoms with Gasteiger partial charge in [0, 0.05) is 5.56 Å². The second-order valence-electron chi connectivity index (χ2n) is 3.87. The molecule has 1 aromatic heterocycles. The molecule has 0 amide bonds. The van der Waals surface area contributed by atoms with E-state index >= 15 is 0 Å². The van der Waals surface area contributed by atoms with Crippen molar-refractivity contribution in [3.8, 4) is 11.4 Å². The third kappa shape index (κ3) is 3.64. The van der Waals surface area contributed by atoms with Crippen molar-refractivity contribution in [1.82, 2.24) is 10.1 Å². The first kappa shape index (κ1) is 16.0. The Hall–Kier alpha value is -1.37. The van der Waals surface area contributed by atoms with Crippen LogP contribution in [0.4, 0.5) is 13.2 Å². The predicted molar refractivity (Wildman–Crippen MR) is 69.5 cm³/mol. The molecule has 1 heterocycles. The zero-order valence-corrected chi connectivity index (χ0v) is 12.2. The summed E-state index contributed by atoms with van der Waals surface area (Å²) in [6, 6.07) is 5.52.